The summed E-state index contributed by atoms with van der Waals surface area (Å²) < 4.78 is 14.0. The van der Waals surface area contributed by atoms with E-state index in [1.165, 1.54) is 12.1 Å². The first kappa shape index (κ1) is 22.4. The van der Waals surface area contributed by atoms with Crippen molar-refractivity contribution in [3.63, 3.8) is 0 Å². The molecule has 1 rings (SSSR count). The van der Waals surface area contributed by atoms with Gasteiger partial charge in [0.05, 0.1) is 6.61 Å². The number of phenols is 1. The Hall–Kier alpha value is -1.64. The molecule has 0 heterocycles. The minimum absolute atomic E-state index is 0.145. The maximum Gasteiger partial charge on any atom is 0.466 e. The fourth-order valence-electron chi connectivity index (χ4n) is 1.79. The zero-order valence-corrected chi connectivity index (χ0v) is 14.6. The maximum absolute atomic E-state index is 11.7. The fourth-order valence-corrected chi connectivity index (χ4v) is 1.79. The number of nitrogens with two attached hydrogens (primary N) is 1. The van der Waals surface area contributed by atoms with E-state index in [1.54, 1.807) is 6.07 Å². The van der Waals surface area contributed by atoms with Crippen LogP contribution in [0.2, 0.25) is 0 Å². The van der Waals surface area contributed by atoms with Crippen molar-refractivity contribution in [1.82, 2.24) is 4.90 Å². The molecule has 0 fully saturated rings. The van der Waals surface area contributed by atoms with Crippen molar-refractivity contribution in [2.45, 2.75) is 20.3 Å². The van der Waals surface area contributed by atoms with Crippen LogP contribution < -0.4 is 5.73 Å². The summed E-state index contributed by atoms with van der Waals surface area (Å²) in [4.78, 5) is 35.5. The number of nitrogens with zero attached hydrogens (tertiary/aromatic N) is 1. The van der Waals surface area contributed by atoms with Gasteiger partial charge in [0.25, 0.3) is 0 Å². The van der Waals surface area contributed by atoms with Crippen molar-refractivity contribution >= 4 is 19.5 Å². The number of ether oxygens (including phenoxy) is 1. The van der Waals surface area contributed by atoms with E-state index in [-0.39, 0.29) is 11.3 Å². The number of hydrogen-bond donors (Lipinski definition) is 5. The highest BCUT2D eigenvalue weighted by Crippen LogP contribution is 2.25. The minimum Gasteiger partial charge on any atom is -0.507 e. The highest BCUT2D eigenvalue weighted by atomic mass is 31.2. The van der Waals surface area contributed by atoms with Gasteiger partial charge < -0.3 is 35.2 Å². The molecule has 138 valence electrons. The summed E-state index contributed by atoms with van der Waals surface area (Å²) in [6.45, 7) is 7.42. The van der Waals surface area contributed by atoms with E-state index in [9.17, 15) is 9.90 Å². The first-order chi connectivity index (χ1) is 11.1. The average molecular weight is 364 g/mol. The largest absolute Gasteiger partial charge is 0.507 e. The minimum atomic E-state index is -4.64. The number of esters is 1. The van der Waals surface area contributed by atoms with Crippen LogP contribution in [0.5, 0.6) is 5.75 Å². The Morgan fingerprint density at radius 3 is 2.25 bits per heavy atom. The third kappa shape index (κ3) is 11.0. The maximum atomic E-state index is 11.7. The van der Waals surface area contributed by atoms with Gasteiger partial charge in [0.1, 0.15) is 11.3 Å². The molecule has 0 bridgehead atoms. The smallest absolute Gasteiger partial charge is 0.466 e. The predicted molar refractivity (Wildman–Crippen MR) is 89.5 cm³/mol. The summed E-state index contributed by atoms with van der Waals surface area (Å²) in [6, 6.07) is 4.37. The lowest BCUT2D eigenvalue weighted by Gasteiger charge is -2.17. The number of carbonyl (C=O) groups excluding carboxylic acids is 1. The van der Waals surface area contributed by atoms with Crippen LogP contribution in [0.1, 0.15) is 30.6 Å². The Kier molecular flexibility index (Phi) is 10.3. The average Bonchev–Trinajstić information content (AvgIpc) is 2.45. The number of benzene rings is 1. The van der Waals surface area contributed by atoms with Crippen molar-refractivity contribution in [3.05, 3.63) is 23.8 Å². The van der Waals surface area contributed by atoms with Crippen LogP contribution >= 0.6 is 7.82 Å². The molecule has 0 aliphatic rings. The Balaban J connectivity index is 0.000000922. The number of nitrogen functional groups attached to an aromatic ring is 1. The fraction of sp³-hybridized carbons (Fsp3) is 0.500. The summed E-state index contributed by atoms with van der Waals surface area (Å²) in [5.74, 6) is -0.661. The van der Waals surface area contributed by atoms with Gasteiger partial charge in [-0.05, 0) is 31.6 Å². The van der Waals surface area contributed by atoms with Gasteiger partial charge >= 0.3 is 13.8 Å². The molecule has 1 aromatic carbocycles. The van der Waals surface area contributed by atoms with Crippen molar-refractivity contribution in [2.24, 2.45) is 0 Å². The quantitative estimate of drug-likeness (QED) is 0.206. The lowest BCUT2D eigenvalue weighted by atomic mass is 10.2. The van der Waals surface area contributed by atoms with Crippen LogP contribution in [0.4, 0.5) is 5.69 Å². The van der Waals surface area contributed by atoms with Crippen molar-refractivity contribution in [2.75, 3.05) is 32.0 Å². The van der Waals surface area contributed by atoms with Crippen molar-refractivity contribution in [1.29, 1.82) is 0 Å². The molecular formula is C14H25N2O7P. The van der Waals surface area contributed by atoms with Crippen LogP contribution in [0.15, 0.2) is 18.2 Å². The standard InChI is InChI=1S/C14H22N2O3.H3O4P/c1-3-16(4-2)8-5-9-19-14(18)12-7-6-11(15)10-13(12)17;1-5(2,3)4/h6-7,10,17H,3-5,8-9,15H2,1-2H3;(H3,1,2,3,4). The molecule has 0 aromatic heterocycles. The molecule has 0 radical (unpaired) electrons. The molecule has 0 unspecified atom stereocenters. The highest BCUT2D eigenvalue weighted by Gasteiger charge is 2.12. The van der Waals surface area contributed by atoms with Crippen molar-refractivity contribution in [3.8, 4) is 5.75 Å². The number of hydrogen-bond acceptors (Lipinski definition) is 6. The van der Waals surface area contributed by atoms with Gasteiger partial charge in [-0.15, -0.1) is 0 Å². The second-order valence-electron chi connectivity index (χ2n) is 4.81. The van der Waals surface area contributed by atoms with Crippen LogP contribution in [-0.4, -0.2) is 56.9 Å². The zero-order chi connectivity index (χ0) is 18.8. The molecule has 0 saturated heterocycles. The summed E-state index contributed by atoms with van der Waals surface area (Å²) in [6.07, 6.45) is 0.781. The van der Waals surface area contributed by atoms with Crippen LogP contribution in [-0.2, 0) is 9.30 Å². The Labute approximate surface area is 140 Å². The monoisotopic (exact) mass is 364 g/mol. The van der Waals surface area contributed by atoms with Crippen LogP contribution in [0.25, 0.3) is 0 Å². The highest BCUT2D eigenvalue weighted by molar-refractivity contribution is 7.45. The number of rotatable bonds is 7. The molecule has 9 nitrogen and oxygen atoms in total. The topological polar surface area (TPSA) is 154 Å². The SMILES string of the molecule is CCN(CC)CCCOC(=O)c1ccc(N)cc1O.O=P(O)(O)O. The number of aromatic hydroxyl groups is 1. The van der Waals surface area contributed by atoms with Crippen molar-refractivity contribution < 1.29 is 33.9 Å². The van der Waals surface area contributed by atoms with E-state index in [1.807, 2.05) is 0 Å². The summed E-state index contributed by atoms with van der Waals surface area (Å²) >= 11 is 0. The van der Waals surface area contributed by atoms with E-state index in [0.29, 0.717) is 12.3 Å². The molecule has 0 atom stereocenters. The van der Waals surface area contributed by atoms with Gasteiger partial charge in [0, 0.05) is 18.3 Å². The molecule has 0 aliphatic heterocycles. The number of anilines is 1. The first-order valence-electron chi connectivity index (χ1n) is 7.34. The second kappa shape index (κ2) is 11.0. The van der Waals surface area contributed by atoms with E-state index in [0.717, 1.165) is 26.1 Å². The molecule has 0 saturated carbocycles. The molecule has 0 amide bonds. The van der Waals surface area contributed by atoms with E-state index < -0.39 is 13.8 Å². The third-order valence-corrected chi connectivity index (χ3v) is 2.99. The molecule has 0 aliphatic carbocycles. The van der Waals surface area contributed by atoms with Gasteiger partial charge in [-0.3, -0.25) is 0 Å². The first-order valence-corrected chi connectivity index (χ1v) is 8.91. The predicted octanol–water partition coefficient (Wildman–Crippen LogP) is 0.934. The summed E-state index contributed by atoms with van der Waals surface area (Å²) in [5, 5.41) is 9.59. The van der Waals surface area contributed by atoms with Crippen LogP contribution in [0, 0.1) is 0 Å². The van der Waals surface area contributed by atoms with E-state index >= 15 is 0 Å². The Bertz CT molecular complexity index is 550. The molecule has 1 aromatic rings. The molecule has 24 heavy (non-hydrogen) atoms. The van der Waals surface area contributed by atoms with E-state index in [2.05, 4.69) is 18.7 Å². The van der Waals surface area contributed by atoms with E-state index in [4.69, 9.17) is 29.7 Å². The lowest BCUT2D eigenvalue weighted by molar-refractivity contribution is 0.0486. The molecule has 10 heteroatoms. The molecule has 6 N–H and O–H groups in total. The summed E-state index contributed by atoms with van der Waals surface area (Å²) in [5.41, 5.74) is 6.06. The normalized spacial score (nSPS) is 10.9. The Morgan fingerprint density at radius 1 is 1.25 bits per heavy atom. The second-order valence-corrected chi connectivity index (χ2v) is 5.83. The Morgan fingerprint density at radius 2 is 1.79 bits per heavy atom. The molecular weight excluding hydrogens is 339 g/mol. The lowest BCUT2D eigenvalue weighted by Crippen LogP contribution is -2.25. The number of carbonyl (C=O) groups is 1. The number of phosphoric acid groups is 1. The third-order valence-electron chi connectivity index (χ3n) is 2.99. The zero-order valence-electron chi connectivity index (χ0n) is 13.8. The van der Waals surface area contributed by atoms with Crippen LogP contribution in [0.3, 0.4) is 0 Å². The molecule has 0 spiro atoms. The number of phenolic OH excluding ortho intramolecular Hbond substituents is 1. The van der Waals surface area contributed by atoms with Gasteiger partial charge in [-0.1, -0.05) is 13.8 Å². The van der Waals surface area contributed by atoms with Gasteiger partial charge in [-0.25, -0.2) is 9.36 Å². The summed E-state index contributed by atoms with van der Waals surface area (Å²) in [7, 11) is -4.64. The van der Waals surface area contributed by atoms with Gasteiger partial charge in [-0.2, -0.15) is 0 Å². The van der Waals surface area contributed by atoms with Gasteiger partial charge in [0.15, 0.2) is 0 Å². The van der Waals surface area contributed by atoms with Gasteiger partial charge in [0.2, 0.25) is 0 Å².